The summed E-state index contributed by atoms with van der Waals surface area (Å²) in [7, 11) is 1.70. The van der Waals surface area contributed by atoms with Crippen molar-refractivity contribution >= 4 is 28.3 Å². The molecule has 114 valence electrons. The van der Waals surface area contributed by atoms with Crippen LogP contribution in [0, 0.1) is 6.92 Å². The van der Waals surface area contributed by atoms with Crippen LogP contribution in [0.25, 0.3) is 10.9 Å². The number of benzene rings is 1. The third kappa shape index (κ3) is 2.85. The minimum absolute atomic E-state index is 0.248. The van der Waals surface area contributed by atoms with Gasteiger partial charge in [-0.2, -0.15) is 0 Å². The number of nitrogens with zero attached hydrogens (tertiary/aromatic N) is 3. The van der Waals surface area contributed by atoms with Crippen molar-refractivity contribution in [2.75, 3.05) is 19.0 Å². The molecule has 0 unspecified atom stereocenters. The number of hydrogen-bond donors (Lipinski definition) is 1. The molecule has 3 aromatic rings. The maximum Gasteiger partial charge on any atom is 0.224 e. The number of aromatic nitrogens is 3. The smallest absolute Gasteiger partial charge is 0.224 e. The fraction of sp³-hybridized carbons (Fsp3) is 0.250. The number of anilines is 1. The van der Waals surface area contributed by atoms with Crippen molar-refractivity contribution in [2.24, 2.45) is 0 Å². The van der Waals surface area contributed by atoms with E-state index >= 15 is 0 Å². The molecule has 0 saturated heterocycles. The number of rotatable bonds is 5. The van der Waals surface area contributed by atoms with Gasteiger partial charge in [-0.3, -0.25) is 0 Å². The second-order valence-electron chi connectivity index (χ2n) is 4.97. The second kappa shape index (κ2) is 6.23. The van der Waals surface area contributed by atoms with Gasteiger partial charge in [-0.1, -0.05) is 6.07 Å². The molecular formula is C16H17ClN4O. The topological polar surface area (TPSA) is 52.0 Å². The summed E-state index contributed by atoms with van der Waals surface area (Å²) < 4.78 is 7.68. The maximum absolute atomic E-state index is 5.78. The van der Waals surface area contributed by atoms with Gasteiger partial charge in [0.2, 0.25) is 5.28 Å². The molecule has 0 aliphatic heterocycles. The summed E-state index contributed by atoms with van der Waals surface area (Å²) in [6.45, 7) is 3.67. The zero-order valence-electron chi connectivity index (χ0n) is 12.5. The Morgan fingerprint density at radius 1 is 1.32 bits per heavy atom. The third-order valence-corrected chi connectivity index (χ3v) is 3.78. The second-order valence-corrected chi connectivity index (χ2v) is 5.31. The first-order chi connectivity index (χ1) is 10.7. The molecule has 0 saturated carbocycles. The monoisotopic (exact) mass is 316 g/mol. The van der Waals surface area contributed by atoms with Crippen LogP contribution in [0.4, 0.5) is 5.82 Å². The van der Waals surface area contributed by atoms with Gasteiger partial charge in [0.05, 0.1) is 12.6 Å². The summed E-state index contributed by atoms with van der Waals surface area (Å²) in [6, 6.07) is 10.0. The Morgan fingerprint density at radius 2 is 2.18 bits per heavy atom. The van der Waals surface area contributed by atoms with Crippen LogP contribution in [-0.2, 0) is 6.54 Å². The third-order valence-electron chi connectivity index (χ3n) is 3.60. The summed E-state index contributed by atoms with van der Waals surface area (Å²) >= 11 is 5.78. The first-order valence-electron chi connectivity index (χ1n) is 7.04. The van der Waals surface area contributed by atoms with Crippen molar-refractivity contribution in [1.29, 1.82) is 0 Å². The lowest BCUT2D eigenvalue weighted by Gasteiger charge is -2.10. The van der Waals surface area contributed by atoms with E-state index in [1.54, 1.807) is 19.4 Å². The van der Waals surface area contributed by atoms with Gasteiger partial charge in [0, 0.05) is 30.4 Å². The largest absolute Gasteiger partial charge is 0.496 e. The van der Waals surface area contributed by atoms with Gasteiger partial charge in [-0.15, -0.1) is 0 Å². The average Bonchev–Trinajstić information content (AvgIpc) is 2.83. The number of nitrogens with one attached hydrogen (secondary N) is 1. The van der Waals surface area contributed by atoms with E-state index in [9.17, 15) is 0 Å². The van der Waals surface area contributed by atoms with E-state index in [0.717, 1.165) is 30.0 Å². The van der Waals surface area contributed by atoms with Crippen molar-refractivity contribution in [3.63, 3.8) is 0 Å². The summed E-state index contributed by atoms with van der Waals surface area (Å²) in [5.41, 5.74) is 2.36. The number of aryl methyl sites for hydroxylation is 1. The number of fused-ring (bicyclic) bond motifs is 1. The van der Waals surface area contributed by atoms with E-state index in [1.165, 1.54) is 11.2 Å². The molecule has 3 rings (SSSR count). The summed E-state index contributed by atoms with van der Waals surface area (Å²) in [6.07, 6.45) is 1.64. The van der Waals surface area contributed by atoms with Crippen LogP contribution in [0.1, 0.15) is 5.69 Å². The van der Waals surface area contributed by atoms with Gasteiger partial charge in [0.15, 0.2) is 0 Å². The van der Waals surface area contributed by atoms with Crippen molar-refractivity contribution < 1.29 is 4.74 Å². The molecule has 22 heavy (non-hydrogen) atoms. The van der Waals surface area contributed by atoms with E-state index in [4.69, 9.17) is 16.3 Å². The number of ether oxygens (including phenoxy) is 1. The van der Waals surface area contributed by atoms with Gasteiger partial charge in [-0.25, -0.2) is 9.97 Å². The SMILES string of the molecule is COc1cccc2c1cc(C)n2CCNc1ccnc(Cl)n1. The molecule has 0 atom stereocenters. The van der Waals surface area contributed by atoms with Crippen molar-refractivity contribution in [3.8, 4) is 5.75 Å². The molecule has 0 radical (unpaired) electrons. The molecule has 0 spiro atoms. The first-order valence-corrected chi connectivity index (χ1v) is 7.42. The van der Waals surface area contributed by atoms with Crippen LogP contribution < -0.4 is 10.1 Å². The Morgan fingerprint density at radius 3 is 2.95 bits per heavy atom. The Hall–Kier alpha value is -2.27. The Kier molecular flexibility index (Phi) is 4.15. The number of hydrogen-bond acceptors (Lipinski definition) is 4. The highest BCUT2D eigenvalue weighted by Crippen LogP contribution is 2.28. The van der Waals surface area contributed by atoms with Crippen LogP contribution in [0.2, 0.25) is 5.28 Å². The molecule has 0 aliphatic carbocycles. The minimum atomic E-state index is 0.248. The van der Waals surface area contributed by atoms with Crippen LogP contribution in [-0.4, -0.2) is 28.2 Å². The van der Waals surface area contributed by atoms with Gasteiger partial charge >= 0.3 is 0 Å². The van der Waals surface area contributed by atoms with Crippen molar-refractivity contribution in [1.82, 2.24) is 14.5 Å². The fourth-order valence-corrected chi connectivity index (χ4v) is 2.74. The zero-order valence-corrected chi connectivity index (χ0v) is 13.3. The van der Waals surface area contributed by atoms with E-state index in [1.807, 2.05) is 12.1 Å². The number of methoxy groups -OCH3 is 1. The highest BCUT2D eigenvalue weighted by molar-refractivity contribution is 6.28. The summed E-state index contributed by atoms with van der Waals surface area (Å²) in [5, 5.41) is 4.64. The van der Waals surface area contributed by atoms with Gasteiger partial charge in [-0.05, 0) is 42.8 Å². The predicted molar refractivity (Wildman–Crippen MR) is 88.8 cm³/mol. The quantitative estimate of drug-likeness (QED) is 0.732. The maximum atomic E-state index is 5.78. The summed E-state index contributed by atoms with van der Waals surface area (Å²) in [4.78, 5) is 7.99. The van der Waals surface area contributed by atoms with Crippen molar-refractivity contribution in [2.45, 2.75) is 13.5 Å². The Balaban J connectivity index is 1.78. The molecule has 1 N–H and O–H groups in total. The molecule has 0 fully saturated rings. The zero-order chi connectivity index (χ0) is 15.5. The Bertz CT molecular complexity index is 800. The molecule has 0 amide bonds. The predicted octanol–water partition coefficient (Wildman–Crippen LogP) is 3.51. The number of halogens is 1. The van der Waals surface area contributed by atoms with Crippen LogP contribution in [0.3, 0.4) is 0 Å². The van der Waals surface area contributed by atoms with E-state index in [0.29, 0.717) is 0 Å². The van der Waals surface area contributed by atoms with E-state index in [2.05, 4.69) is 38.9 Å². The van der Waals surface area contributed by atoms with E-state index < -0.39 is 0 Å². The van der Waals surface area contributed by atoms with Gasteiger partial charge in [0.1, 0.15) is 11.6 Å². The molecule has 2 heterocycles. The van der Waals surface area contributed by atoms with Crippen LogP contribution in [0.15, 0.2) is 36.5 Å². The molecule has 1 aromatic carbocycles. The van der Waals surface area contributed by atoms with Gasteiger partial charge < -0.3 is 14.6 Å². The summed E-state index contributed by atoms with van der Waals surface area (Å²) in [5.74, 6) is 1.63. The molecule has 2 aromatic heterocycles. The van der Waals surface area contributed by atoms with Crippen molar-refractivity contribution in [3.05, 3.63) is 47.5 Å². The lowest BCUT2D eigenvalue weighted by molar-refractivity contribution is 0.420. The van der Waals surface area contributed by atoms with Crippen LogP contribution in [0.5, 0.6) is 5.75 Å². The minimum Gasteiger partial charge on any atom is -0.496 e. The molecule has 0 aliphatic rings. The highest BCUT2D eigenvalue weighted by atomic mass is 35.5. The van der Waals surface area contributed by atoms with Crippen LogP contribution >= 0.6 is 11.6 Å². The molecule has 5 nitrogen and oxygen atoms in total. The lowest BCUT2D eigenvalue weighted by Crippen LogP contribution is -2.12. The molecule has 6 heteroatoms. The lowest BCUT2D eigenvalue weighted by atomic mass is 10.2. The molecule has 0 bridgehead atoms. The van der Waals surface area contributed by atoms with E-state index in [-0.39, 0.29) is 5.28 Å². The highest BCUT2D eigenvalue weighted by Gasteiger charge is 2.09. The molecular weight excluding hydrogens is 300 g/mol. The Labute approximate surface area is 133 Å². The van der Waals surface area contributed by atoms with Gasteiger partial charge in [0.25, 0.3) is 0 Å². The first kappa shape index (κ1) is 14.7. The average molecular weight is 317 g/mol. The fourth-order valence-electron chi connectivity index (χ4n) is 2.59. The normalized spacial score (nSPS) is 10.9. The standard InChI is InChI=1S/C16H17ClN4O/c1-11-10-12-13(4-3-5-14(12)22-2)21(11)9-8-18-15-6-7-19-16(17)20-15/h3-7,10H,8-9H2,1-2H3,(H,18,19,20).